The second-order valence-corrected chi connectivity index (χ2v) is 8.37. The van der Waals surface area contributed by atoms with E-state index in [1.807, 2.05) is 0 Å². The molecular weight excluding hydrogens is 352 g/mol. The molecule has 0 aromatic rings. The zero-order valence-corrected chi connectivity index (χ0v) is 17.0. The number of hydrogen-bond donors (Lipinski definition) is 4. The molecule has 0 radical (unpaired) electrons. The summed E-state index contributed by atoms with van der Waals surface area (Å²) in [6, 6.07) is -1.46. The summed E-state index contributed by atoms with van der Waals surface area (Å²) in [5.41, 5.74) is 3.39. The van der Waals surface area contributed by atoms with E-state index < -0.39 is 35.2 Å². The Morgan fingerprint density at radius 2 is 1.81 bits per heavy atom. The Hall–Kier alpha value is -2.32. The highest BCUT2D eigenvalue weighted by molar-refractivity contribution is 5.96. The highest BCUT2D eigenvalue weighted by Gasteiger charge is 2.58. The van der Waals surface area contributed by atoms with Crippen molar-refractivity contribution in [1.29, 1.82) is 0 Å². The van der Waals surface area contributed by atoms with E-state index in [4.69, 9.17) is 10.5 Å². The minimum atomic E-state index is -0.959. The summed E-state index contributed by atoms with van der Waals surface area (Å²) in [6.07, 6.45) is 0.326. The van der Waals surface area contributed by atoms with Gasteiger partial charge in [-0.2, -0.15) is 0 Å². The van der Waals surface area contributed by atoms with Gasteiger partial charge in [-0.25, -0.2) is 9.59 Å². The van der Waals surface area contributed by atoms with E-state index in [9.17, 15) is 19.2 Å². The summed E-state index contributed by atoms with van der Waals surface area (Å²) in [7, 11) is 0. The van der Waals surface area contributed by atoms with E-state index in [-0.39, 0.29) is 17.6 Å². The maximum absolute atomic E-state index is 12.8. The predicted octanol–water partition coefficient (Wildman–Crippen LogP) is 1.06. The first-order chi connectivity index (χ1) is 12.3. The van der Waals surface area contributed by atoms with E-state index in [1.54, 1.807) is 34.6 Å². The number of nitrogens with one attached hydrogen (secondary N) is 3. The quantitative estimate of drug-likeness (QED) is 0.495. The van der Waals surface area contributed by atoms with E-state index in [0.717, 1.165) is 0 Å². The fourth-order valence-corrected chi connectivity index (χ4v) is 2.99. The third-order valence-corrected chi connectivity index (χ3v) is 4.49. The molecule has 0 aromatic heterocycles. The number of amides is 4. The lowest BCUT2D eigenvalue weighted by molar-refractivity contribution is -0.130. The van der Waals surface area contributed by atoms with Crippen LogP contribution in [0.3, 0.4) is 0 Å². The van der Waals surface area contributed by atoms with Crippen molar-refractivity contribution in [3.05, 3.63) is 0 Å². The maximum atomic E-state index is 12.8. The summed E-state index contributed by atoms with van der Waals surface area (Å²) < 4.78 is 5.21. The zero-order chi connectivity index (χ0) is 21.0. The minimum Gasteiger partial charge on any atom is -0.444 e. The fourth-order valence-electron chi connectivity index (χ4n) is 2.99. The molecule has 154 valence electrons. The van der Waals surface area contributed by atoms with Gasteiger partial charge in [-0.3, -0.25) is 9.59 Å². The van der Waals surface area contributed by atoms with Gasteiger partial charge in [0.05, 0.1) is 0 Å². The van der Waals surface area contributed by atoms with Crippen LogP contribution in [0.4, 0.5) is 9.59 Å². The SMILES string of the molecule is CC(=O)[C@@]1(NC(=O)[C@@H](NC(=O)OC(C)(C)C)C(C)C)C[C@H]1CCNC(N)=O. The van der Waals surface area contributed by atoms with Gasteiger partial charge >= 0.3 is 12.1 Å². The van der Waals surface area contributed by atoms with Crippen LogP contribution in [0.5, 0.6) is 0 Å². The molecule has 9 heteroatoms. The van der Waals surface area contributed by atoms with Crippen molar-refractivity contribution in [2.24, 2.45) is 17.6 Å². The number of urea groups is 1. The highest BCUT2D eigenvalue weighted by atomic mass is 16.6. The number of rotatable bonds is 8. The molecule has 1 aliphatic carbocycles. The third-order valence-electron chi connectivity index (χ3n) is 4.49. The lowest BCUT2D eigenvalue weighted by Gasteiger charge is -2.27. The Labute approximate surface area is 160 Å². The number of primary amides is 1. The lowest BCUT2D eigenvalue weighted by atomic mass is 10.0. The van der Waals surface area contributed by atoms with Crippen LogP contribution in [0.25, 0.3) is 0 Å². The van der Waals surface area contributed by atoms with Gasteiger partial charge in [-0.1, -0.05) is 13.8 Å². The van der Waals surface area contributed by atoms with Crippen molar-refractivity contribution in [1.82, 2.24) is 16.0 Å². The average molecular weight is 384 g/mol. The fraction of sp³-hybridized carbons (Fsp3) is 0.778. The molecule has 0 heterocycles. The van der Waals surface area contributed by atoms with E-state index in [1.165, 1.54) is 6.92 Å². The number of carbonyl (C=O) groups is 4. The van der Waals surface area contributed by atoms with Crippen LogP contribution in [0.15, 0.2) is 0 Å². The van der Waals surface area contributed by atoms with Crippen LogP contribution in [-0.2, 0) is 14.3 Å². The first kappa shape index (κ1) is 22.7. The number of hydrogen-bond acceptors (Lipinski definition) is 5. The van der Waals surface area contributed by atoms with Gasteiger partial charge in [0.2, 0.25) is 5.91 Å². The summed E-state index contributed by atoms with van der Waals surface area (Å²) in [5.74, 6) is -0.869. The molecule has 1 aliphatic rings. The molecule has 1 rings (SSSR count). The molecule has 0 spiro atoms. The van der Waals surface area contributed by atoms with Crippen molar-refractivity contribution in [3.63, 3.8) is 0 Å². The molecule has 0 saturated heterocycles. The van der Waals surface area contributed by atoms with Crippen LogP contribution in [-0.4, -0.2) is 47.5 Å². The Balaban J connectivity index is 2.74. The number of Topliss-reactive ketones (excluding diaryl/α,β-unsaturated/α-hetero) is 1. The normalized spacial score (nSPS) is 22.6. The van der Waals surface area contributed by atoms with Gasteiger partial charge in [0.1, 0.15) is 17.2 Å². The summed E-state index contributed by atoms with van der Waals surface area (Å²) >= 11 is 0. The van der Waals surface area contributed by atoms with Crippen molar-refractivity contribution in [3.8, 4) is 0 Å². The number of ether oxygens (including phenoxy) is 1. The summed E-state index contributed by atoms with van der Waals surface area (Å²) in [6.45, 7) is 10.5. The number of alkyl carbamates (subject to hydrolysis) is 1. The zero-order valence-electron chi connectivity index (χ0n) is 17.0. The van der Waals surface area contributed by atoms with Crippen LogP contribution >= 0.6 is 0 Å². The Bertz CT molecular complexity index is 599. The molecule has 3 atom stereocenters. The topological polar surface area (TPSA) is 140 Å². The molecule has 4 amide bonds. The molecular formula is C18H32N4O5. The first-order valence-corrected chi connectivity index (χ1v) is 9.14. The van der Waals surface area contributed by atoms with Gasteiger partial charge in [0, 0.05) is 6.54 Å². The average Bonchev–Trinajstić information content (AvgIpc) is 3.16. The van der Waals surface area contributed by atoms with Crippen molar-refractivity contribution < 1.29 is 23.9 Å². The Morgan fingerprint density at radius 1 is 1.22 bits per heavy atom. The van der Waals surface area contributed by atoms with Crippen LogP contribution in [0, 0.1) is 11.8 Å². The van der Waals surface area contributed by atoms with Crippen molar-refractivity contribution in [2.45, 2.75) is 71.6 Å². The minimum absolute atomic E-state index is 0.0832. The number of nitrogens with two attached hydrogens (primary N) is 1. The molecule has 0 bridgehead atoms. The maximum Gasteiger partial charge on any atom is 0.408 e. The lowest BCUT2D eigenvalue weighted by Crippen LogP contribution is -2.55. The number of carbonyl (C=O) groups excluding carboxylic acids is 4. The van der Waals surface area contributed by atoms with Gasteiger partial charge < -0.3 is 26.4 Å². The molecule has 1 fully saturated rings. The first-order valence-electron chi connectivity index (χ1n) is 9.14. The van der Waals surface area contributed by atoms with E-state index in [2.05, 4.69) is 16.0 Å². The summed E-state index contributed by atoms with van der Waals surface area (Å²) in [5, 5.41) is 7.86. The Kier molecular flexibility index (Phi) is 7.22. The monoisotopic (exact) mass is 384 g/mol. The molecule has 1 saturated carbocycles. The smallest absolute Gasteiger partial charge is 0.408 e. The molecule has 9 nitrogen and oxygen atoms in total. The summed E-state index contributed by atoms with van der Waals surface area (Å²) in [4.78, 5) is 47.7. The van der Waals surface area contributed by atoms with E-state index in [0.29, 0.717) is 19.4 Å². The van der Waals surface area contributed by atoms with Gasteiger partial charge in [0.25, 0.3) is 0 Å². The predicted molar refractivity (Wildman–Crippen MR) is 99.9 cm³/mol. The second kappa shape index (κ2) is 8.58. The largest absolute Gasteiger partial charge is 0.444 e. The van der Waals surface area contributed by atoms with Gasteiger partial charge in [-0.05, 0) is 52.4 Å². The highest BCUT2D eigenvalue weighted by Crippen LogP contribution is 2.46. The molecule has 0 aliphatic heterocycles. The van der Waals surface area contributed by atoms with Crippen molar-refractivity contribution >= 4 is 23.8 Å². The molecule has 0 unspecified atom stereocenters. The van der Waals surface area contributed by atoms with Gasteiger partial charge in [0.15, 0.2) is 5.78 Å². The van der Waals surface area contributed by atoms with Crippen LogP contribution in [0.2, 0.25) is 0 Å². The molecule has 27 heavy (non-hydrogen) atoms. The van der Waals surface area contributed by atoms with E-state index >= 15 is 0 Å². The van der Waals surface area contributed by atoms with Crippen LogP contribution in [0.1, 0.15) is 54.4 Å². The molecule has 5 N–H and O–H groups in total. The standard InChI is InChI=1S/C18H32N4O5/c1-10(2)13(21-16(26)27-17(4,5)6)14(24)22-18(11(3)23)9-12(18)7-8-20-15(19)25/h10,12-13H,7-9H2,1-6H3,(H,21,26)(H,22,24)(H3,19,20,25)/t12-,13+,18+/m1/s1. The second-order valence-electron chi connectivity index (χ2n) is 8.37. The Morgan fingerprint density at radius 3 is 2.26 bits per heavy atom. The van der Waals surface area contributed by atoms with Crippen LogP contribution < -0.4 is 21.7 Å². The number of ketones is 1. The molecule has 0 aromatic carbocycles. The van der Waals surface area contributed by atoms with Gasteiger partial charge in [-0.15, -0.1) is 0 Å². The third kappa shape index (κ3) is 6.73. The van der Waals surface area contributed by atoms with Crippen molar-refractivity contribution in [2.75, 3.05) is 6.54 Å².